The fraction of sp³-hybridized carbons (Fsp3) is 0.208. The van der Waals surface area contributed by atoms with E-state index in [4.69, 9.17) is 18.7 Å². The fourth-order valence-electron chi connectivity index (χ4n) is 3.96. The van der Waals surface area contributed by atoms with Crippen LogP contribution in [-0.4, -0.2) is 41.5 Å². The van der Waals surface area contributed by atoms with E-state index in [1.165, 1.54) is 0 Å². The number of nitrogens with one attached hydrogen (secondary N) is 1. The van der Waals surface area contributed by atoms with Crippen molar-refractivity contribution >= 4 is 11.6 Å². The van der Waals surface area contributed by atoms with Crippen LogP contribution in [0.3, 0.4) is 0 Å². The van der Waals surface area contributed by atoms with Crippen LogP contribution in [0, 0.1) is 0 Å². The van der Waals surface area contributed by atoms with Crippen LogP contribution < -0.4 is 19.5 Å². The molecule has 2 aliphatic rings. The maximum Gasteiger partial charge on any atom is 0.322 e. The predicted molar refractivity (Wildman–Crippen MR) is 120 cm³/mol. The second-order valence-corrected chi connectivity index (χ2v) is 7.55. The van der Waals surface area contributed by atoms with Gasteiger partial charge in [-0.2, -0.15) is 4.98 Å². The number of aromatic nitrogens is 2. The normalized spacial score (nSPS) is 17.2. The molecule has 0 saturated heterocycles. The molecule has 168 valence electrons. The minimum atomic E-state index is -0.501. The summed E-state index contributed by atoms with van der Waals surface area (Å²) in [6.45, 7) is 6.14. The van der Waals surface area contributed by atoms with Crippen molar-refractivity contribution in [3.8, 4) is 28.6 Å². The Morgan fingerprint density at radius 1 is 1.24 bits per heavy atom. The van der Waals surface area contributed by atoms with Crippen molar-refractivity contribution in [2.24, 2.45) is 0 Å². The lowest BCUT2D eigenvalue weighted by molar-refractivity contribution is 0.174. The van der Waals surface area contributed by atoms with Crippen molar-refractivity contribution in [2.75, 3.05) is 20.4 Å². The minimum absolute atomic E-state index is 0.184. The molecule has 3 heterocycles. The monoisotopic (exact) mass is 446 g/mol. The molecule has 5 rings (SSSR count). The van der Waals surface area contributed by atoms with Crippen molar-refractivity contribution < 1.29 is 23.5 Å². The summed E-state index contributed by atoms with van der Waals surface area (Å²) in [4.78, 5) is 19.1. The van der Waals surface area contributed by atoms with Crippen molar-refractivity contribution in [3.05, 3.63) is 72.3 Å². The van der Waals surface area contributed by atoms with Crippen LogP contribution in [0.15, 0.2) is 65.3 Å². The van der Waals surface area contributed by atoms with Crippen LogP contribution in [0.5, 0.6) is 17.2 Å². The molecule has 1 atom stereocenters. The van der Waals surface area contributed by atoms with E-state index in [9.17, 15) is 4.79 Å². The van der Waals surface area contributed by atoms with Gasteiger partial charge >= 0.3 is 6.03 Å². The summed E-state index contributed by atoms with van der Waals surface area (Å²) in [5.41, 5.74) is 2.96. The Balaban J connectivity index is 1.59. The number of nitrogens with zero attached hydrogens (tertiary/aromatic N) is 3. The number of ether oxygens (including phenoxy) is 3. The van der Waals surface area contributed by atoms with Crippen molar-refractivity contribution in [1.82, 2.24) is 20.4 Å². The van der Waals surface area contributed by atoms with Gasteiger partial charge in [-0.3, -0.25) is 4.90 Å². The van der Waals surface area contributed by atoms with Gasteiger partial charge in [0.2, 0.25) is 12.6 Å². The third-order valence-electron chi connectivity index (χ3n) is 5.62. The quantitative estimate of drug-likeness (QED) is 0.568. The molecule has 33 heavy (non-hydrogen) atoms. The first-order valence-electron chi connectivity index (χ1n) is 10.4. The Kier molecular flexibility index (Phi) is 5.21. The Labute approximate surface area is 190 Å². The van der Waals surface area contributed by atoms with Crippen LogP contribution in [0.2, 0.25) is 0 Å². The van der Waals surface area contributed by atoms with Crippen LogP contribution in [0.25, 0.3) is 17.0 Å². The predicted octanol–water partition coefficient (Wildman–Crippen LogP) is 4.16. The summed E-state index contributed by atoms with van der Waals surface area (Å²) in [5, 5.41) is 7.22. The van der Waals surface area contributed by atoms with Gasteiger partial charge in [0.15, 0.2) is 11.5 Å². The number of hydrogen-bond donors (Lipinski definition) is 1. The van der Waals surface area contributed by atoms with E-state index in [-0.39, 0.29) is 12.8 Å². The van der Waals surface area contributed by atoms with Gasteiger partial charge in [0.25, 0.3) is 5.89 Å². The first kappa shape index (κ1) is 20.6. The van der Waals surface area contributed by atoms with E-state index in [0.717, 1.165) is 11.1 Å². The molecule has 3 aromatic rings. The summed E-state index contributed by atoms with van der Waals surface area (Å²) in [6, 6.07) is 12.2. The van der Waals surface area contributed by atoms with Gasteiger partial charge in [-0.05, 0) is 42.8 Å². The third-order valence-corrected chi connectivity index (χ3v) is 5.62. The molecule has 1 N–H and O–H groups in total. The zero-order valence-electron chi connectivity index (χ0n) is 18.2. The molecule has 2 aromatic carbocycles. The summed E-state index contributed by atoms with van der Waals surface area (Å²) >= 11 is 0. The van der Waals surface area contributed by atoms with Gasteiger partial charge in [0, 0.05) is 17.8 Å². The molecular weight excluding hydrogens is 424 g/mol. The second kappa shape index (κ2) is 8.34. The van der Waals surface area contributed by atoms with Crippen molar-refractivity contribution in [1.29, 1.82) is 0 Å². The van der Waals surface area contributed by atoms with E-state index in [1.807, 2.05) is 49.4 Å². The molecular formula is C24H22N4O5. The molecule has 0 fully saturated rings. The SMILES string of the molecule is C=CCN1C(=O)NC(c2cccc(OC)c2)C(c2nc(-c3ccc4c(c3)OCO4)no2)=C1C. The minimum Gasteiger partial charge on any atom is -0.497 e. The molecule has 1 unspecified atom stereocenters. The summed E-state index contributed by atoms with van der Waals surface area (Å²) in [6.07, 6.45) is 1.67. The maximum atomic E-state index is 12.9. The molecule has 1 aromatic heterocycles. The molecule has 0 radical (unpaired) electrons. The third kappa shape index (κ3) is 3.67. The number of fused-ring (bicyclic) bond motifs is 1. The van der Waals surface area contributed by atoms with Crippen LogP contribution >= 0.6 is 0 Å². The van der Waals surface area contributed by atoms with Gasteiger partial charge in [0.05, 0.1) is 18.7 Å². The van der Waals surface area contributed by atoms with Crippen LogP contribution in [0.4, 0.5) is 4.79 Å². The zero-order valence-corrected chi connectivity index (χ0v) is 18.2. The Hall–Kier alpha value is -4.27. The smallest absolute Gasteiger partial charge is 0.322 e. The number of rotatable bonds is 6. The highest BCUT2D eigenvalue weighted by atomic mass is 16.7. The van der Waals surface area contributed by atoms with Crippen LogP contribution in [-0.2, 0) is 0 Å². The van der Waals surface area contributed by atoms with Gasteiger partial charge in [-0.25, -0.2) is 4.79 Å². The number of hydrogen-bond acceptors (Lipinski definition) is 7. The molecule has 0 bridgehead atoms. The lowest BCUT2D eigenvalue weighted by atomic mass is 9.94. The van der Waals surface area contributed by atoms with Gasteiger partial charge in [0.1, 0.15) is 5.75 Å². The Morgan fingerprint density at radius 3 is 2.91 bits per heavy atom. The van der Waals surface area contributed by atoms with E-state index in [1.54, 1.807) is 18.1 Å². The highest BCUT2D eigenvalue weighted by Crippen LogP contribution is 2.39. The van der Waals surface area contributed by atoms with Crippen LogP contribution in [0.1, 0.15) is 24.4 Å². The molecule has 0 saturated carbocycles. The Bertz CT molecular complexity index is 1270. The topological polar surface area (TPSA) is 99.0 Å². The molecule has 0 spiro atoms. The lowest BCUT2D eigenvalue weighted by Gasteiger charge is -2.34. The first-order chi connectivity index (χ1) is 16.1. The van der Waals surface area contributed by atoms with E-state index >= 15 is 0 Å². The molecule has 2 aliphatic heterocycles. The number of urea groups is 1. The fourth-order valence-corrected chi connectivity index (χ4v) is 3.96. The van der Waals surface area contributed by atoms with Gasteiger partial charge < -0.3 is 24.1 Å². The molecule has 9 heteroatoms. The highest BCUT2D eigenvalue weighted by molar-refractivity contribution is 5.87. The number of allylic oxidation sites excluding steroid dienone is 1. The summed E-state index contributed by atoms with van der Waals surface area (Å²) in [7, 11) is 1.60. The first-order valence-corrected chi connectivity index (χ1v) is 10.4. The molecule has 9 nitrogen and oxygen atoms in total. The van der Waals surface area contributed by atoms with Crippen molar-refractivity contribution in [3.63, 3.8) is 0 Å². The van der Waals surface area contributed by atoms with Crippen molar-refractivity contribution in [2.45, 2.75) is 13.0 Å². The summed E-state index contributed by atoms with van der Waals surface area (Å²) in [5.74, 6) is 2.70. The standard InChI is InChI=1S/C24H22N4O5/c1-4-10-28-14(2)20(21(25-24(28)29)15-6-5-7-17(11-15)30-3)23-26-22(27-33-23)16-8-9-18-19(12-16)32-13-31-18/h4-9,11-12,21H,1,10,13H2,2-3H3,(H,25,29). The summed E-state index contributed by atoms with van der Waals surface area (Å²) < 4.78 is 21.9. The maximum absolute atomic E-state index is 12.9. The number of methoxy groups -OCH3 is 1. The largest absolute Gasteiger partial charge is 0.497 e. The number of amides is 2. The molecule has 0 aliphatic carbocycles. The van der Waals surface area contributed by atoms with E-state index in [0.29, 0.717) is 46.8 Å². The number of carbonyl (C=O) groups is 1. The number of benzene rings is 2. The van der Waals surface area contributed by atoms with Gasteiger partial charge in [-0.1, -0.05) is 23.4 Å². The Morgan fingerprint density at radius 2 is 2.09 bits per heavy atom. The molecule has 2 amide bonds. The average molecular weight is 446 g/mol. The number of carbonyl (C=O) groups excluding carboxylic acids is 1. The highest BCUT2D eigenvalue weighted by Gasteiger charge is 2.35. The average Bonchev–Trinajstić information content (AvgIpc) is 3.50. The van der Waals surface area contributed by atoms with E-state index in [2.05, 4.69) is 22.0 Å². The van der Waals surface area contributed by atoms with Gasteiger partial charge in [-0.15, -0.1) is 6.58 Å². The van der Waals surface area contributed by atoms with E-state index < -0.39 is 6.04 Å². The second-order valence-electron chi connectivity index (χ2n) is 7.55. The lowest BCUT2D eigenvalue weighted by Crippen LogP contribution is -2.46. The zero-order chi connectivity index (χ0) is 22.9.